The fourth-order valence-corrected chi connectivity index (χ4v) is 3.17. The van der Waals surface area contributed by atoms with Crippen LogP contribution < -0.4 is 5.63 Å². The minimum atomic E-state index is -0.562. The van der Waals surface area contributed by atoms with Gasteiger partial charge in [-0.2, -0.15) is 0 Å². The standard InChI is InChI=1S/C16H16BrNO3/c1-10-3-2-6-18(9-10)15(19)13-8-11-7-12(17)4-5-14(11)21-16(13)20/h4-5,7-8,10H,2-3,6,9H2,1H3/t10-/m0/s1. The number of amides is 1. The summed E-state index contributed by atoms with van der Waals surface area (Å²) < 4.78 is 6.15. The Balaban J connectivity index is 2.01. The molecule has 1 aromatic carbocycles. The van der Waals surface area contributed by atoms with E-state index < -0.39 is 5.63 Å². The lowest BCUT2D eigenvalue weighted by atomic mass is 9.99. The Labute approximate surface area is 130 Å². The van der Waals surface area contributed by atoms with Crippen LogP contribution in [0.2, 0.25) is 0 Å². The summed E-state index contributed by atoms with van der Waals surface area (Å²) in [6.45, 7) is 3.54. The topological polar surface area (TPSA) is 50.5 Å². The molecule has 0 saturated carbocycles. The molecule has 21 heavy (non-hydrogen) atoms. The van der Waals surface area contributed by atoms with E-state index in [1.807, 2.05) is 6.07 Å². The van der Waals surface area contributed by atoms with Crippen LogP contribution in [0.15, 0.2) is 37.9 Å². The Morgan fingerprint density at radius 3 is 2.95 bits per heavy atom. The Bertz CT molecular complexity index is 753. The molecule has 0 radical (unpaired) electrons. The van der Waals surface area contributed by atoms with Crippen LogP contribution >= 0.6 is 15.9 Å². The van der Waals surface area contributed by atoms with Gasteiger partial charge >= 0.3 is 5.63 Å². The van der Waals surface area contributed by atoms with Crippen molar-refractivity contribution < 1.29 is 9.21 Å². The van der Waals surface area contributed by atoms with Gasteiger partial charge in [-0.3, -0.25) is 4.79 Å². The normalized spacial score (nSPS) is 19.0. The van der Waals surface area contributed by atoms with E-state index >= 15 is 0 Å². The average molecular weight is 350 g/mol. The summed E-state index contributed by atoms with van der Waals surface area (Å²) in [7, 11) is 0. The highest BCUT2D eigenvalue weighted by Crippen LogP contribution is 2.21. The number of rotatable bonds is 1. The molecule has 1 amide bonds. The number of hydrogen-bond donors (Lipinski definition) is 0. The molecule has 5 heteroatoms. The van der Waals surface area contributed by atoms with Crippen molar-refractivity contribution in [2.45, 2.75) is 19.8 Å². The highest BCUT2D eigenvalue weighted by Gasteiger charge is 2.24. The third-order valence-electron chi connectivity index (χ3n) is 3.87. The molecule has 0 spiro atoms. The van der Waals surface area contributed by atoms with E-state index in [0.29, 0.717) is 24.6 Å². The zero-order valence-corrected chi connectivity index (χ0v) is 13.4. The van der Waals surface area contributed by atoms with Crippen molar-refractivity contribution in [3.05, 3.63) is 44.7 Å². The average Bonchev–Trinajstić information content (AvgIpc) is 2.46. The molecule has 0 N–H and O–H groups in total. The van der Waals surface area contributed by atoms with E-state index in [4.69, 9.17) is 4.42 Å². The van der Waals surface area contributed by atoms with Gasteiger partial charge in [-0.15, -0.1) is 0 Å². The van der Waals surface area contributed by atoms with Crippen molar-refractivity contribution in [2.24, 2.45) is 5.92 Å². The molecule has 0 unspecified atom stereocenters. The lowest BCUT2D eigenvalue weighted by Crippen LogP contribution is -2.40. The van der Waals surface area contributed by atoms with Gasteiger partial charge in [0, 0.05) is 22.9 Å². The molecule has 1 aliphatic rings. The zero-order chi connectivity index (χ0) is 15.0. The van der Waals surface area contributed by atoms with Crippen molar-refractivity contribution in [1.82, 2.24) is 4.90 Å². The summed E-state index contributed by atoms with van der Waals surface area (Å²) in [4.78, 5) is 26.4. The predicted octanol–water partition coefficient (Wildman–Crippen LogP) is 3.43. The first kappa shape index (κ1) is 14.3. The summed E-state index contributed by atoms with van der Waals surface area (Å²) in [5, 5.41) is 0.748. The Hall–Kier alpha value is -1.62. The maximum absolute atomic E-state index is 12.5. The number of piperidine rings is 1. The molecule has 4 nitrogen and oxygen atoms in total. The number of fused-ring (bicyclic) bond motifs is 1. The van der Waals surface area contributed by atoms with E-state index in [-0.39, 0.29) is 11.5 Å². The first-order chi connectivity index (χ1) is 10.0. The smallest absolute Gasteiger partial charge is 0.349 e. The van der Waals surface area contributed by atoms with E-state index in [2.05, 4.69) is 22.9 Å². The van der Waals surface area contributed by atoms with E-state index in [1.54, 1.807) is 23.1 Å². The number of halogens is 1. The molecule has 1 fully saturated rings. The van der Waals surface area contributed by atoms with Crippen molar-refractivity contribution in [1.29, 1.82) is 0 Å². The van der Waals surface area contributed by atoms with E-state index in [9.17, 15) is 9.59 Å². The van der Waals surface area contributed by atoms with E-state index in [1.165, 1.54) is 0 Å². The minimum Gasteiger partial charge on any atom is -0.422 e. The zero-order valence-electron chi connectivity index (χ0n) is 11.8. The minimum absolute atomic E-state index is 0.120. The first-order valence-electron chi connectivity index (χ1n) is 7.07. The largest absolute Gasteiger partial charge is 0.422 e. The van der Waals surface area contributed by atoms with Gasteiger partial charge in [0.25, 0.3) is 5.91 Å². The molecule has 2 heterocycles. The number of likely N-dealkylation sites (tertiary alicyclic amines) is 1. The van der Waals surface area contributed by atoms with Crippen LogP contribution in [0.3, 0.4) is 0 Å². The second-order valence-electron chi connectivity index (χ2n) is 5.63. The second kappa shape index (κ2) is 5.64. The van der Waals surface area contributed by atoms with Gasteiger partial charge in [0.1, 0.15) is 11.1 Å². The van der Waals surface area contributed by atoms with Crippen LogP contribution in [0.25, 0.3) is 11.0 Å². The SMILES string of the molecule is C[C@H]1CCCN(C(=O)c2cc3cc(Br)ccc3oc2=O)C1. The maximum atomic E-state index is 12.5. The predicted molar refractivity (Wildman–Crippen MR) is 84.5 cm³/mol. The lowest BCUT2D eigenvalue weighted by Gasteiger charge is -2.30. The van der Waals surface area contributed by atoms with Gasteiger partial charge in [-0.1, -0.05) is 22.9 Å². The van der Waals surface area contributed by atoms with Crippen LogP contribution in [-0.2, 0) is 0 Å². The Morgan fingerprint density at radius 2 is 2.19 bits per heavy atom. The van der Waals surface area contributed by atoms with Gasteiger partial charge in [-0.25, -0.2) is 4.79 Å². The lowest BCUT2D eigenvalue weighted by molar-refractivity contribution is 0.0679. The Morgan fingerprint density at radius 1 is 1.38 bits per heavy atom. The molecule has 3 rings (SSSR count). The molecular weight excluding hydrogens is 334 g/mol. The summed E-state index contributed by atoms with van der Waals surface area (Å²) in [5.74, 6) is 0.251. The number of nitrogens with zero attached hydrogens (tertiary/aromatic N) is 1. The van der Waals surface area contributed by atoms with Crippen LogP contribution in [-0.4, -0.2) is 23.9 Å². The first-order valence-corrected chi connectivity index (χ1v) is 7.86. The molecule has 0 bridgehead atoms. The van der Waals surface area contributed by atoms with Gasteiger partial charge in [0.2, 0.25) is 0 Å². The number of hydrogen-bond acceptors (Lipinski definition) is 3. The Kier molecular flexibility index (Phi) is 3.85. The molecular formula is C16H16BrNO3. The second-order valence-corrected chi connectivity index (χ2v) is 6.54. The third kappa shape index (κ3) is 2.88. The number of carbonyl (C=O) groups excluding carboxylic acids is 1. The van der Waals surface area contributed by atoms with Gasteiger partial charge in [0.05, 0.1) is 0 Å². The summed E-state index contributed by atoms with van der Waals surface area (Å²) in [6.07, 6.45) is 2.11. The fourth-order valence-electron chi connectivity index (χ4n) is 2.79. The van der Waals surface area contributed by atoms with Crippen LogP contribution in [0, 0.1) is 5.92 Å². The molecule has 0 aliphatic carbocycles. The molecule has 1 aliphatic heterocycles. The van der Waals surface area contributed by atoms with Gasteiger partial charge in [-0.05, 0) is 43.0 Å². The molecule has 1 aromatic heterocycles. The highest BCUT2D eigenvalue weighted by atomic mass is 79.9. The van der Waals surface area contributed by atoms with Crippen molar-refractivity contribution in [3.8, 4) is 0 Å². The summed E-state index contributed by atoms with van der Waals surface area (Å²) >= 11 is 3.38. The van der Waals surface area contributed by atoms with Crippen LogP contribution in [0.1, 0.15) is 30.1 Å². The number of benzene rings is 1. The summed E-state index contributed by atoms with van der Waals surface area (Å²) in [5.41, 5.74) is 0.0505. The van der Waals surface area contributed by atoms with Crippen molar-refractivity contribution in [2.75, 3.05) is 13.1 Å². The molecule has 1 saturated heterocycles. The monoisotopic (exact) mass is 349 g/mol. The fraction of sp³-hybridized carbons (Fsp3) is 0.375. The molecule has 2 aromatic rings. The maximum Gasteiger partial charge on any atom is 0.349 e. The van der Waals surface area contributed by atoms with Crippen LogP contribution in [0.5, 0.6) is 0 Å². The van der Waals surface area contributed by atoms with E-state index in [0.717, 1.165) is 22.7 Å². The quantitative estimate of drug-likeness (QED) is 0.741. The molecule has 110 valence electrons. The number of carbonyl (C=O) groups is 1. The third-order valence-corrected chi connectivity index (χ3v) is 4.36. The van der Waals surface area contributed by atoms with Crippen molar-refractivity contribution in [3.63, 3.8) is 0 Å². The van der Waals surface area contributed by atoms with Gasteiger partial charge in [0.15, 0.2) is 0 Å². The van der Waals surface area contributed by atoms with Crippen molar-refractivity contribution >= 4 is 32.8 Å². The summed E-state index contributed by atoms with van der Waals surface area (Å²) in [6, 6.07) is 7.00. The molecule has 1 atom stereocenters. The van der Waals surface area contributed by atoms with Crippen LogP contribution in [0.4, 0.5) is 0 Å². The van der Waals surface area contributed by atoms with Gasteiger partial charge < -0.3 is 9.32 Å². The highest BCUT2D eigenvalue weighted by molar-refractivity contribution is 9.10.